The van der Waals surface area contributed by atoms with Gasteiger partial charge in [0, 0.05) is 6.61 Å². The van der Waals surface area contributed by atoms with E-state index in [2.05, 4.69) is 13.5 Å². The summed E-state index contributed by atoms with van der Waals surface area (Å²) in [5.41, 5.74) is 0. The molecule has 1 N–H and O–H groups in total. The van der Waals surface area contributed by atoms with Crippen LogP contribution in [0.3, 0.4) is 0 Å². The van der Waals surface area contributed by atoms with E-state index in [-0.39, 0.29) is 12.4 Å². The van der Waals surface area contributed by atoms with Crippen molar-refractivity contribution in [3.63, 3.8) is 0 Å². The molecule has 0 radical (unpaired) electrons. The van der Waals surface area contributed by atoms with E-state index in [1.165, 1.54) is 44.9 Å². The van der Waals surface area contributed by atoms with Gasteiger partial charge in [0.05, 0.1) is 38.8 Å². The van der Waals surface area contributed by atoms with E-state index in [9.17, 15) is 8.42 Å². The fourth-order valence-electron chi connectivity index (χ4n) is 2.04. The van der Waals surface area contributed by atoms with Crippen LogP contribution in [-0.4, -0.2) is 58.4 Å². The zero-order valence-corrected chi connectivity index (χ0v) is 17.6. The van der Waals surface area contributed by atoms with Crippen LogP contribution in [0.5, 0.6) is 0 Å². The summed E-state index contributed by atoms with van der Waals surface area (Å²) in [6, 6.07) is 0. The van der Waals surface area contributed by atoms with Crippen LogP contribution in [0.15, 0.2) is 12.7 Å². The van der Waals surface area contributed by atoms with E-state index in [4.69, 9.17) is 18.8 Å². The lowest BCUT2D eigenvalue weighted by atomic mass is 10.1. The zero-order chi connectivity index (χ0) is 19.9. The van der Waals surface area contributed by atoms with E-state index in [1.54, 1.807) is 6.08 Å². The standard InChI is InChI=1S/C16H34O6S.C3H6/c1-2-3-4-5-6-7-8-9-10-20-11-12-21-13-14-22-15-16-23(17,18)19;1-3-2/h2-16H2,1H3,(H,17,18,19);3H,1H2,2H3. The van der Waals surface area contributed by atoms with Gasteiger partial charge >= 0.3 is 0 Å². The van der Waals surface area contributed by atoms with Crippen LogP contribution in [0.25, 0.3) is 0 Å². The van der Waals surface area contributed by atoms with E-state index in [0.717, 1.165) is 13.0 Å². The molecule has 0 amide bonds. The first-order valence-corrected chi connectivity index (χ1v) is 11.3. The molecule has 158 valence electrons. The number of rotatable bonds is 18. The topological polar surface area (TPSA) is 82.1 Å². The van der Waals surface area contributed by atoms with Gasteiger partial charge in [-0.05, 0) is 13.3 Å². The highest BCUT2D eigenvalue weighted by molar-refractivity contribution is 7.85. The van der Waals surface area contributed by atoms with E-state index in [0.29, 0.717) is 26.4 Å². The van der Waals surface area contributed by atoms with Crippen molar-refractivity contribution in [1.29, 1.82) is 0 Å². The van der Waals surface area contributed by atoms with E-state index < -0.39 is 10.1 Å². The summed E-state index contributed by atoms with van der Waals surface area (Å²) in [5.74, 6) is -0.380. The lowest BCUT2D eigenvalue weighted by Gasteiger charge is -2.06. The van der Waals surface area contributed by atoms with Crippen molar-refractivity contribution in [1.82, 2.24) is 0 Å². The van der Waals surface area contributed by atoms with Gasteiger partial charge in [0.15, 0.2) is 0 Å². The molecule has 26 heavy (non-hydrogen) atoms. The van der Waals surface area contributed by atoms with Crippen molar-refractivity contribution in [2.75, 3.05) is 45.4 Å². The minimum Gasteiger partial charge on any atom is -0.379 e. The van der Waals surface area contributed by atoms with Crippen molar-refractivity contribution in [2.24, 2.45) is 0 Å². The van der Waals surface area contributed by atoms with Crippen LogP contribution in [-0.2, 0) is 24.3 Å². The Morgan fingerprint density at radius 3 is 1.62 bits per heavy atom. The van der Waals surface area contributed by atoms with Gasteiger partial charge < -0.3 is 14.2 Å². The van der Waals surface area contributed by atoms with Gasteiger partial charge in [-0.3, -0.25) is 4.55 Å². The van der Waals surface area contributed by atoms with Crippen LogP contribution < -0.4 is 0 Å². The van der Waals surface area contributed by atoms with Gasteiger partial charge in [0.1, 0.15) is 0 Å². The molecule has 0 fully saturated rings. The average molecular weight is 397 g/mol. The summed E-state index contributed by atoms with van der Waals surface area (Å²) in [6.07, 6.45) is 12.1. The highest BCUT2D eigenvalue weighted by Crippen LogP contribution is 2.08. The third-order valence-corrected chi connectivity index (χ3v) is 4.05. The van der Waals surface area contributed by atoms with Crippen LogP contribution in [0.4, 0.5) is 0 Å². The Balaban J connectivity index is 0. The molecule has 0 saturated carbocycles. The van der Waals surface area contributed by atoms with Crippen LogP contribution in [0.2, 0.25) is 0 Å². The van der Waals surface area contributed by atoms with Gasteiger partial charge in [-0.1, -0.05) is 57.9 Å². The molecule has 0 aromatic heterocycles. The molecule has 0 rings (SSSR count). The lowest BCUT2D eigenvalue weighted by Crippen LogP contribution is -2.14. The summed E-state index contributed by atoms with van der Waals surface area (Å²) < 4.78 is 45.1. The maximum Gasteiger partial charge on any atom is 0.267 e. The normalized spacial score (nSPS) is 11.0. The van der Waals surface area contributed by atoms with Crippen molar-refractivity contribution in [2.45, 2.75) is 65.2 Å². The predicted octanol–water partition coefficient (Wildman–Crippen LogP) is 4.26. The molecule has 7 heteroatoms. The fraction of sp³-hybridized carbons (Fsp3) is 0.895. The molecule has 0 atom stereocenters. The Bertz CT molecular complexity index is 370. The maximum absolute atomic E-state index is 10.4. The SMILES string of the molecule is C=CC.CCCCCCCCCCOCCOCCOCCS(=O)(=O)O. The summed E-state index contributed by atoms with van der Waals surface area (Å²) in [5, 5.41) is 0. The second-order valence-corrected chi connectivity index (χ2v) is 7.58. The highest BCUT2D eigenvalue weighted by Gasteiger charge is 2.03. The Kier molecular flexibility index (Phi) is 24.1. The zero-order valence-electron chi connectivity index (χ0n) is 16.8. The first kappa shape index (κ1) is 27.7. The predicted molar refractivity (Wildman–Crippen MR) is 107 cm³/mol. The quantitative estimate of drug-likeness (QED) is 0.212. The van der Waals surface area contributed by atoms with E-state index in [1.807, 2.05) is 6.92 Å². The average Bonchev–Trinajstić information content (AvgIpc) is 2.57. The molecule has 0 aliphatic rings. The first-order chi connectivity index (χ1) is 12.5. The molecule has 0 saturated heterocycles. The number of hydrogen-bond donors (Lipinski definition) is 1. The second-order valence-electron chi connectivity index (χ2n) is 6.01. The Morgan fingerprint density at radius 2 is 1.15 bits per heavy atom. The van der Waals surface area contributed by atoms with Crippen LogP contribution in [0, 0.1) is 0 Å². The third kappa shape index (κ3) is 31.3. The molecular formula is C19H40O6S. The van der Waals surface area contributed by atoms with Crippen LogP contribution >= 0.6 is 0 Å². The summed E-state index contributed by atoms with van der Waals surface area (Å²) in [6.45, 7) is 10.0. The molecule has 0 aliphatic carbocycles. The van der Waals surface area contributed by atoms with Crippen molar-refractivity contribution < 1.29 is 27.2 Å². The molecule has 0 aromatic carbocycles. The van der Waals surface area contributed by atoms with E-state index >= 15 is 0 Å². The summed E-state index contributed by atoms with van der Waals surface area (Å²) in [7, 11) is -3.93. The number of ether oxygens (including phenoxy) is 3. The van der Waals surface area contributed by atoms with Crippen molar-refractivity contribution >= 4 is 10.1 Å². The number of allylic oxidation sites excluding steroid dienone is 1. The third-order valence-electron chi connectivity index (χ3n) is 3.37. The summed E-state index contributed by atoms with van der Waals surface area (Å²) in [4.78, 5) is 0. The van der Waals surface area contributed by atoms with Crippen molar-refractivity contribution in [3.8, 4) is 0 Å². The molecule has 0 heterocycles. The molecule has 0 spiro atoms. The molecule has 6 nitrogen and oxygen atoms in total. The molecular weight excluding hydrogens is 356 g/mol. The minimum atomic E-state index is -3.93. The fourth-order valence-corrected chi connectivity index (χ4v) is 2.37. The Hall–Kier alpha value is -0.470. The van der Waals surface area contributed by atoms with Gasteiger partial charge in [-0.25, -0.2) is 0 Å². The minimum absolute atomic E-state index is 0.0167. The summed E-state index contributed by atoms with van der Waals surface area (Å²) >= 11 is 0. The van der Waals surface area contributed by atoms with Crippen molar-refractivity contribution in [3.05, 3.63) is 12.7 Å². The largest absolute Gasteiger partial charge is 0.379 e. The van der Waals surface area contributed by atoms with Gasteiger partial charge in [-0.2, -0.15) is 8.42 Å². The Morgan fingerprint density at radius 1 is 0.769 bits per heavy atom. The smallest absolute Gasteiger partial charge is 0.267 e. The highest BCUT2D eigenvalue weighted by atomic mass is 32.2. The molecule has 0 unspecified atom stereocenters. The van der Waals surface area contributed by atoms with Crippen LogP contribution in [0.1, 0.15) is 65.2 Å². The molecule has 0 bridgehead atoms. The van der Waals surface area contributed by atoms with Gasteiger partial charge in [-0.15, -0.1) is 6.58 Å². The Labute approximate surface area is 161 Å². The maximum atomic E-state index is 10.4. The first-order valence-electron chi connectivity index (χ1n) is 9.73. The van der Waals surface area contributed by atoms with Gasteiger partial charge in [0.25, 0.3) is 10.1 Å². The molecule has 0 aromatic rings. The lowest BCUT2D eigenvalue weighted by molar-refractivity contribution is 0.0164. The number of hydrogen-bond acceptors (Lipinski definition) is 5. The number of unbranched alkanes of at least 4 members (excludes halogenated alkanes) is 7. The molecule has 0 aliphatic heterocycles. The van der Waals surface area contributed by atoms with Gasteiger partial charge in [0.2, 0.25) is 0 Å². The monoisotopic (exact) mass is 396 g/mol. The second kappa shape index (κ2) is 22.6.